The Balaban J connectivity index is 1.23. The quantitative estimate of drug-likeness (QED) is 0.185. The summed E-state index contributed by atoms with van der Waals surface area (Å²) in [5.41, 5.74) is 5.97. The van der Waals surface area contributed by atoms with E-state index in [9.17, 15) is 0 Å². The highest BCUT2D eigenvalue weighted by Crippen LogP contribution is 2.50. The van der Waals surface area contributed by atoms with Crippen LogP contribution in [-0.2, 0) is 0 Å². The average Bonchev–Trinajstić information content (AvgIpc) is 3.93. The predicted octanol–water partition coefficient (Wildman–Crippen LogP) is 14.1. The second-order valence-electron chi connectivity index (χ2n) is 12.3. The van der Waals surface area contributed by atoms with E-state index in [0.717, 1.165) is 39.1 Å². The van der Waals surface area contributed by atoms with Crippen molar-refractivity contribution in [3.63, 3.8) is 0 Å². The lowest BCUT2D eigenvalue weighted by molar-refractivity contribution is 0.623. The van der Waals surface area contributed by atoms with Crippen LogP contribution in [0.5, 0.6) is 0 Å². The van der Waals surface area contributed by atoms with Gasteiger partial charge in [0.1, 0.15) is 5.52 Å². The number of hydrogen-bond acceptors (Lipinski definition) is 6. The van der Waals surface area contributed by atoms with Crippen LogP contribution in [0.3, 0.4) is 0 Å². The summed E-state index contributed by atoms with van der Waals surface area (Å²) in [4.78, 5) is 7.56. The summed E-state index contributed by atoms with van der Waals surface area (Å²) >= 11 is 5.52. The van der Waals surface area contributed by atoms with Gasteiger partial charge in [-0.1, -0.05) is 84.9 Å². The van der Waals surface area contributed by atoms with Gasteiger partial charge >= 0.3 is 0 Å². The first-order chi connectivity index (χ1) is 24.3. The van der Waals surface area contributed by atoms with E-state index < -0.39 is 0 Å². The lowest BCUT2D eigenvalue weighted by Crippen LogP contribution is -2.10. The highest BCUT2D eigenvalue weighted by molar-refractivity contribution is 7.27. The molecule has 6 heteroatoms. The van der Waals surface area contributed by atoms with Gasteiger partial charge in [-0.3, -0.25) is 0 Å². The molecule has 7 aromatic carbocycles. The zero-order valence-electron chi connectivity index (χ0n) is 25.9. The van der Waals surface area contributed by atoms with Gasteiger partial charge in [-0.15, -0.1) is 34.0 Å². The number of benzene rings is 7. The summed E-state index contributed by atoms with van der Waals surface area (Å²) in [5.74, 6) is 0.634. The summed E-state index contributed by atoms with van der Waals surface area (Å²) in [6.45, 7) is 0. The van der Waals surface area contributed by atoms with Gasteiger partial charge in [0.25, 0.3) is 0 Å². The van der Waals surface area contributed by atoms with Crippen molar-refractivity contribution in [1.29, 1.82) is 0 Å². The van der Waals surface area contributed by atoms with Crippen molar-refractivity contribution in [3.05, 3.63) is 146 Å². The molecule has 0 unspecified atom stereocenters. The summed E-state index contributed by atoms with van der Waals surface area (Å²) in [7, 11) is 0. The van der Waals surface area contributed by atoms with Gasteiger partial charge in [0.2, 0.25) is 5.89 Å². The van der Waals surface area contributed by atoms with Gasteiger partial charge < -0.3 is 9.32 Å². The zero-order valence-corrected chi connectivity index (χ0v) is 28.3. The first-order valence-corrected chi connectivity index (χ1v) is 18.6. The molecule has 0 amide bonds. The number of hydrogen-bond donors (Lipinski definition) is 0. The Morgan fingerprint density at radius 1 is 0.469 bits per heavy atom. The predicted molar refractivity (Wildman–Crippen MR) is 213 cm³/mol. The van der Waals surface area contributed by atoms with E-state index in [0.29, 0.717) is 5.89 Å². The largest absolute Gasteiger partial charge is 0.435 e. The number of nitrogens with zero attached hydrogens (tertiary/aromatic N) is 2. The summed E-state index contributed by atoms with van der Waals surface area (Å²) < 4.78 is 14.2. The van der Waals surface area contributed by atoms with Crippen molar-refractivity contribution in [3.8, 4) is 11.5 Å². The van der Waals surface area contributed by atoms with Crippen molar-refractivity contribution in [1.82, 2.24) is 4.98 Å². The third-order valence-corrected chi connectivity index (χ3v) is 12.9. The Bertz CT molecular complexity index is 2960. The first-order valence-electron chi connectivity index (χ1n) is 16.2. The molecule has 0 aliphatic rings. The molecule has 0 aliphatic heterocycles. The standard InChI is InChI=1S/C43H24N2OS3/c1-2-10-25(11-3-1)43-44-33-24-34(42-40(41(33)46-43)32-14-6-9-17-37(32)49-42)45(26-18-20-30-28-12-4-7-15-35(28)47-38(30)22-26)27-19-21-31-29-13-5-8-16-36(29)48-39(31)23-27/h1-24H. The molecule has 0 bridgehead atoms. The number of thiophene rings is 3. The molecule has 4 heterocycles. The van der Waals surface area contributed by atoms with E-state index in [1.807, 2.05) is 52.2 Å². The van der Waals surface area contributed by atoms with Gasteiger partial charge in [0.15, 0.2) is 5.58 Å². The molecule has 0 spiro atoms. The highest BCUT2D eigenvalue weighted by Gasteiger charge is 2.24. The van der Waals surface area contributed by atoms with E-state index >= 15 is 0 Å². The minimum absolute atomic E-state index is 0.634. The molecule has 11 rings (SSSR count). The third-order valence-electron chi connectivity index (χ3n) is 9.48. The van der Waals surface area contributed by atoms with Crippen molar-refractivity contribution in [2.24, 2.45) is 0 Å². The Hall–Kier alpha value is -5.53. The normalized spacial score (nSPS) is 12.1. The summed E-state index contributed by atoms with van der Waals surface area (Å²) in [6.07, 6.45) is 0. The van der Waals surface area contributed by atoms with Crippen LogP contribution in [0.15, 0.2) is 150 Å². The van der Waals surface area contributed by atoms with Crippen LogP contribution in [0.1, 0.15) is 0 Å². The number of rotatable bonds is 4. The Labute approximate surface area is 292 Å². The average molecular weight is 681 g/mol. The van der Waals surface area contributed by atoms with Gasteiger partial charge in [0.05, 0.1) is 10.4 Å². The third kappa shape index (κ3) is 4.15. The lowest BCUT2D eigenvalue weighted by atomic mass is 10.1. The lowest BCUT2D eigenvalue weighted by Gasteiger charge is -2.26. The molecule has 49 heavy (non-hydrogen) atoms. The molecule has 3 nitrogen and oxygen atoms in total. The zero-order chi connectivity index (χ0) is 32.1. The molecule has 0 saturated heterocycles. The number of fused-ring (bicyclic) bond motifs is 11. The molecule has 0 saturated carbocycles. The number of anilines is 3. The van der Waals surface area contributed by atoms with Crippen molar-refractivity contribution in [2.45, 2.75) is 0 Å². The molecule has 0 radical (unpaired) electrons. The smallest absolute Gasteiger partial charge is 0.227 e. The minimum Gasteiger partial charge on any atom is -0.435 e. The maximum atomic E-state index is 6.64. The second-order valence-corrected chi connectivity index (χ2v) is 15.5. The monoisotopic (exact) mass is 680 g/mol. The summed E-state index contributed by atoms with van der Waals surface area (Å²) in [5, 5.41) is 7.48. The van der Waals surface area contributed by atoms with Crippen LogP contribution in [0, 0.1) is 0 Å². The van der Waals surface area contributed by atoms with Crippen molar-refractivity contribution in [2.75, 3.05) is 4.90 Å². The van der Waals surface area contributed by atoms with Crippen LogP contribution in [0.4, 0.5) is 17.1 Å². The van der Waals surface area contributed by atoms with Gasteiger partial charge in [-0.2, -0.15) is 0 Å². The maximum Gasteiger partial charge on any atom is 0.227 e. The van der Waals surface area contributed by atoms with E-state index in [-0.39, 0.29) is 0 Å². The topological polar surface area (TPSA) is 29.3 Å². The fraction of sp³-hybridized carbons (Fsp3) is 0. The number of aromatic nitrogens is 1. The van der Waals surface area contributed by atoms with Gasteiger partial charge in [-0.25, -0.2) is 4.98 Å². The molecule has 4 aromatic heterocycles. The molecular formula is C43H24N2OS3. The van der Waals surface area contributed by atoms with Crippen molar-refractivity contribution < 1.29 is 4.42 Å². The SMILES string of the molecule is c1ccc(-c2nc3cc(N(c4ccc5c(c4)sc4ccccc45)c4ccc5c(c4)sc4ccccc45)c4sc5ccccc5c4c3o2)cc1. The molecule has 0 fully saturated rings. The van der Waals surface area contributed by atoms with E-state index in [1.54, 1.807) is 0 Å². The highest BCUT2D eigenvalue weighted by atomic mass is 32.1. The van der Waals surface area contributed by atoms with Crippen LogP contribution in [0.2, 0.25) is 0 Å². The number of oxazole rings is 1. The molecule has 0 atom stereocenters. The van der Waals surface area contributed by atoms with Crippen LogP contribution in [0.25, 0.3) is 83.1 Å². The Morgan fingerprint density at radius 3 is 1.63 bits per heavy atom. The van der Waals surface area contributed by atoms with E-state index in [1.165, 1.54) is 55.1 Å². The molecule has 11 aromatic rings. The van der Waals surface area contributed by atoms with Gasteiger partial charge in [0, 0.05) is 72.8 Å². The maximum absolute atomic E-state index is 6.64. The molecule has 0 N–H and O–H groups in total. The molecule has 0 aliphatic carbocycles. The fourth-order valence-electron chi connectivity index (χ4n) is 7.26. The molecule has 230 valence electrons. The van der Waals surface area contributed by atoms with E-state index in [2.05, 4.69) is 132 Å². The minimum atomic E-state index is 0.634. The van der Waals surface area contributed by atoms with E-state index in [4.69, 9.17) is 9.40 Å². The van der Waals surface area contributed by atoms with Gasteiger partial charge in [-0.05, 0) is 60.7 Å². The fourth-order valence-corrected chi connectivity index (χ4v) is 10.7. The van der Waals surface area contributed by atoms with Crippen LogP contribution in [-0.4, -0.2) is 4.98 Å². The van der Waals surface area contributed by atoms with Crippen LogP contribution >= 0.6 is 34.0 Å². The van der Waals surface area contributed by atoms with Crippen molar-refractivity contribution >= 4 is 123 Å². The van der Waals surface area contributed by atoms with Crippen LogP contribution < -0.4 is 4.90 Å². The second kappa shape index (κ2) is 10.5. The Morgan fingerprint density at radius 2 is 1.00 bits per heavy atom. The molecular weight excluding hydrogens is 657 g/mol. The first kappa shape index (κ1) is 27.4. The summed E-state index contributed by atoms with van der Waals surface area (Å²) in [6, 6.07) is 52.3. The Kier molecular flexibility index (Phi) is 5.87.